The van der Waals surface area contributed by atoms with Crippen LogP contribution in [0.1, 0.15) is 10.4 Å². The second kappa shape index (κ2) is 7.56. The lowest BCUT2D eigenvalue weighted by Crippen LogP contribution is -2.34. The normalized spacial score (nSPS) is 10.2. The molecule has 1 aromatic carbocycles. The molecule has 0 saturated carbocycles. The Hall–Kier alpha value is -0.840. The molecular formula is C13H15BrClNO2. The van der Waals surface area contributed by atoms with Crippen molar-refractivity contribution >= 4 is 33.4 Å². The molecule has 0 aliphatic heterocycles. The lowest BCUT2D eigenvalue weighted by molar-refractivity contribution is 0.0718. The van der Waals surface area contributed by atoms with Crippen LogP contribution >= 0.6 is 27.5 Å². The van der Waals surface area contributed by atoms with Crippen LogP contribution in [0.25, 0.3) is 0 Å². The van der Waals surface area contributed by atoms with Crippen LogP contribution < -0.4 is 0 Å². The number of carbonyl (C=O) groups is 1. The molecule has 1 rings (SSSR count). The Morgan fingerprint density at radius 3 is 2.83 bits per heavy atom. The highest BCUT2D eigenvalue weighted by Gasteiger charge is 2.15. The van der Waals surface area contributed by atoms with E-state index < -0.39 is 0 Å². The van der Waals surface area contributed by atoms with Gasteiger partial charge in [0.2, 0.25) is 0 Å². The molecule has 0 atom stereocenters. The fourth-order valence-electron chi connectivity index (χ4n) is 1.49. The number of amides is 1. The Kier molecular flexibility index (Phi) is 6.39. The summed E-state index contributed by atoms with van der Waals surface area (Å²) in [5, 5.41) is 0.526. The first kappa shape index (κ1) is 15.2. The number of halogens is 2. The van der Waals surface area contributed by atoms with E-state index in [4.69, 9.17) is 16.3 Å². The Labute approximate surface area is 121 Å². The molecule has 18 heavy (non-hydrogen) atoms. The van der Waals surface area contributed by atoms with E-state index in [0.29, 0.717) is 30.3 Å². The lowest BCUT2D eigenvalue weighted by atomic mass is 10.2. The quantitative estimate of drug-likeness (QED) is 0.748. The SMILES string of the molecule is C=CCN(CCOC)C(=O)c1cc(Cl)cc(Br)c1. The van der Waals surface area contributed by atoms with Crippen LogP contribution in [0, 0.1) is 0 Å². The Morgan fingerprint density at radius 1 is 1.56 bits per heavy atom. The van der Waals surface area contributed by atoms with E-state index in [1.165, 1.54) is 0 Å². The van der Waals surface area contributed by atoms with Gasteiger partial charge in [-0.3, -0.25) is 4.79 Å². The van der Waals surface area contributed by atoms with Crippen molar-refractivity contribution in [3.8, 4) is 0 Å². The van der Waals surface area contributed by atoms with Crippen LogP contribution in [0.3, 0.4) is 0 Å². The first-order chi connectivity index (χ1) is 8.58. The van der Waals surface area contributed by atoms with Crippen molar-refractivity contribution < 1.29 is 9.53 Å². The van der Waals surface area contributed by atoms with Crippen LogP contribution in [0.4, 0.5) is 0 Å². The largest absolute Gasteiger partial charge is 0.383 e. The lowest BCUT2D eigenvalue weighted by Gasteiger charge is -2.21. The molecule has 0 spiro atoms. The van der Waals surface area contributed by atoms with E-state index >= 15 is 0 Å². The highest BCUT2D eigenvalue weighted by molar-refractivity contribution is 9.10. The zero-order valence-electron chi connectivity index (χ0n) is 10.2. The summed E-state index contributed by atoms with van der Waals surface area (Å²) in [5.74, 6) is -0.0878. The standard InChI is InChI=1S/C13H15BrClNO2/c1-3-4-16(5-6-18-2)13(17)10-7-11(14)9-12(15)8-10/h3,7-9H,1,4-6H2,2H3. The van der Waals surface area contributed by atoms with Crippen molar-refractivity contribution in [2.45, 2.75) is 0 Å². The number of rotatable bonds is 6. The molecule has 0 heterocycles. The van der Waals surface area contributed by atoms with E-state index in [1.54, 1.807) is 36.3 Å². The van der Waals surface area contributed by atoms with Gasteiger partial charge in [0, 0.05) is 35.3 Å². The highest BCUT2D eigenvalue weighted by Crippen LogP contribution is 2.20. The molecule has 0 radical (unpaired) electrons. The molecule has 1 amide bonds. The molecule has 98 valence electrons. The average molecular weight is 333 g/mol. The number of hydrogen-bond donors (Lipinski definition) is 0. The van der Waals surface area contributed by atoms with Gasteiger partial charge >= 0.3 is 0 Å². The van der Waals surface area contributed by atoms with Gasteiger partial charge in [0.05, 0.1) is 6.61 Å². The molecule has 0 aliphatic rings. The van der Waals surface area contributed by atoms with Crippen LogP contribution in [-0.4, -0.2) is 37.6 Å². The minimum Gasteiger partial charge on any atom is -0.383 e. The van der Waals surface area contributed by atoms with Gasteiger partial charge < -0.3 is 9.64 Å². The molecular weight excluding hydrogens is 318 g/mol. The first-order valence-corrected chi connectivity index (χ1v) is 6.60. The third-order valence-electron chi connectivity index (χ3n) is 2.31. The second-order valence-electron chi connectivity index (χ2n) is 3.69. The van der Waals surface area contributed by atoms with Crippen molar-refractivity contribution in [2.24, 2.45) is 0 Å². The minimum absolute atomic E-state index is 0.0878. The first-order valence-electron chi connectivity index (χ1n) is 5.43. The van der Waals surface area contributed by atoms with Gasteiger partial charge in [-0.15, -0.1) is 6.58 Å². The summed E-state index contributed by atoms with van der Waals surface area (Å²) >= 11 is 9.26. The number of hydrogen-bond acceptors (Lipinski definition) is 2. The third kappa shape index (κ3) is 4.44. The summed E-state index contributed by atoms with van der Waals surface area (Å²) in [5.41, 5.74) is 0.548. The van der Waals surface area contributed by atoms with Gasteiger partial charge in [-0.05, 0) is 18.2 Å². The molecule has 0 aromatic heterocycles. The molecule has 0 bridgehead atoms. The average Bonchev–Trinajstić information content (AvgIpc) is 2.32. The van der Waals surface area contributed by atoms with Crippen LogP contribution in [0.5, 0.6) is 0 Å². The topological polar surface area (TPSA) is 29.5 Å². The zero-order valence-corrected chi connectivity index (χ0v) is 12.5. The summed E-state index contributed by atoms with van der Waals surface area (Å²) in [4.78, 5) is 13.9. The van der Waals surface area contributed by atoms with E-state index in [1.807, 2.05) is 0 Å². The smallest absolute Gasteiger partial charge is 0.254 e. The van der Waals surface area contributed by atoms with Crippen molar-refractivity contribution in [3.05, 3.63) is 45.9 Å². The maximum Gasteiger partial charge on any atom is 0.254 e. The van der Waals surface area contributed by atoms with Crippen molar-refractivity contribution in [1.29, 1.82) is 0 Å². The minimum atomic E-state index is -0.0878. The maximum atomic E-state index is 12.3. The summed E-state index contributed by atoms with van der Waals surface area (Å²) in [6.45, 7) is 5.13. The van der Waals surface area contributed by atoms with Gasteiger partial charge in [0.1, 0.15) is 0 Å². The molecule has 0 saturated heterocycles. The van der Waals surface area contributed by atoms with Crippen molar-refractivity contribution in [1.82, 2.24) is 4.90 Å². The Balaban J connectivity index is 2.89. The fourth-order valence-corrected chi connectivity index (χ4v) is 2.35. The molecule has 0 N–H and O–H groups in total. The van der Waals surface area contributed by atoms with E-state index in [-0.39, 0.29) is 5.91 Å². The number of nitrogens with zero attached hydrogens (tertiary/aromatic N) is 1. The molecule has 0 fully saturated rings. The third-order valence-corrected chi connectivity index (χ3v) is 2.99. The fraction of sp³-hybridized carbons (Fsp3) is 0.308. The zero-order chi connectivity index (χ0) is 13.5. The Bertz CT molecular complexity index is 417. The summed E-state index contributed by atoms with van der Waals surface area (Å²) in [6.07, 6.45) is 1.69. The van der Waals surface area contributed by atoms with Crippen LogP contribution in [0.15, 0.2) is 35.3 Å². The van der Waals surface area contributed by atoms with Crippen molar-refractivity contribution in [2.75, 3.05) is 26.8 Å². The number of methoxy groups -OCH3 is 1. The molecule has 0 aliphatic carbocycles. The van der Waals surface area contributed by atoms with Gasteiger partial charge in [0.15, 0.2) is 0 Å². The second-order valence-corrected chi connectivity index (χ2v) is 5.04. The predicted molar refractivity (Wildman–Crippen MR) is 77.1 cm³/mol. The van der Waals surface area contributed by atoms with E-state index in [9.17, 15) is 4.79 Å². The van der Waals surface area contributed by atoms with Gasteiger partial charge in [0.25, 0.3) is 5.91 Å². The van der Waals surface area contributed by atoms with Gasteiger partial charge in [-0.2, -0.15) is 0 Å². The van der Waals surface area contributed by atoms with Crippen molar-refractivity contribution in [3.63, 3.8) is 0 Å². The van der Waals surface area contributed by atoms with Gasteiger partial charge in [-0.25, -0.2) is 0 Å². The number of carbonyl (C=O) groups excluding carboxylic acids is 1. The molecule has 0 unspecified atom stereocenters. The molecule has 3 nitrogen and oxygen atoms in total. The number of ether oxygens (including phenoxy) is 1. The van der Waals surface area contributed by atoms with E-state index in [2.05, 4.69) is 22.5 Å². The summed E-state index contributed by atoms with van der Waals surface area (Å²) < 4.78 is 5.77. The maximum absolute atomic E-state index is 12.3. The van der Waals surface area contributed by atoms with Gasteiger partial charge in [-0.1, -0.05) is 33.6 Å². The highest BCUT2D eigenvalue weighted by atomic mass is 79.9. The summed E-state index contributed by atoms with van der Waals surface area (Å²) in [7, 11) is 1.60. The monoisotopic (exact) mass is 331 g/mol. The number of benzene rings is 1. The molecule has 5 heteroatoms. The van der Waals surface area contributed by atoms with E-state index in [0.717, 1.165) is 4.47 Å². The summed E-state index contributed by atoms with van der Waals surface area (Å²) in [6, 6.07) is 5.14. The van der Waals surface area contributed by atoms with Crippen LogP contribution in [0.2, 0.25) is 5.02 Å². The Morgan fingerprint density at radius 2 is 2.28 bits per heavy atom. The van der Waals surface area contributed by atoms with Crippen LogP contribution in [-0.2, 0) is 4.74 Å². The predicted octanol–water partition coefficient (Wildman–Crippen LogP) is 3.38. The molecule has 1 aromatic rings.